The number of nitrogens with zero attached hydrogens (tertiary/aromatic N) is 3. The van der Waals surface area contributed by atoms with Crippen LogP contribution in [-0.2, 0) is 22.9 Å². The third-order valence-corrected chi connectivity index (χ3v) is 8.32. The number of aryl methyl sites for hydroxylation is 1. The van der Waals surface area contributed by atoms with Gasteiger partial charge in [-0.3, -0.25) is 9.29 Å². The zero-order valence-electron chi connectivity index (χ0n) is 17.0. The zero-order chi connectivity index (χ0) is 22.5. The molecule has 2 aromatic carbocycles. The van der Waals surface area contributed by atoms with E-state index in [9.17, 15) is 13.2 Å². The minimum atomic E-state index is -4.04. The Morgan fingerprint density at radius 3 is 2.84 bits per heavy atom. The first-order valence-corrected chi connectivity index (χ1v) is 12.7. The van der Waals surface area contributed by atoms with Crippen molar-refractivity contribution in [1.29, 1.82) is 0 Å². The van der Waals surface area contributed by atoms with Gasteiger partial charge in [-0.05, 0) is 55.4 Å². The molecule has 4 aromatic rings. The molecule has 11 heteroatoms. The Morgan fingerprint density at radius 1 is 1.25 bits per heavy atom. The van der Waals surface area contributed by atoms with Gasteiger partial charge in [-0.25, -0.2) is 18.2 Å². The van der Waals surface area contributed by atoms with Gasteiger partial charge in [0.1, 0.15) is 11.2 Å². The fraction of sp³-hybridized carbons (Fsp3) is 0.286. The lowest BCUT2D eigenvalue weighted by Gasteiger charge is -2.23. The number of sulfonamides is 1. The second-order valence-corrected chi connectivity index (χ2v) is 10.5. The second-order valence-electron chi connectivity index (χ2n) is 7.71. The number of rotatable bonds is 5. The van der Waals surface area contributed by atoms with Crippen LogP contribution in [0, 0.1) is 0 Å². The molecule has 0 spiro atoms. The van der Waals surface area contributed by atoms with Crippen molar-refractivity contribution in [1.82, 2.24) is 13.9 Å². The van der Waals surface area contributed by atoms with E-state index >= 15 is 0 Å². The van der Waals surface area contributed by atoms with Gasteiger partial charge < -0.3 is 4.42 Å². The van der Waals surface area contributed by atoms with E-state index in [0.717, 1.165) is 42.8 Å². The number of halogens is 1. The number of aromatic nitrogens is 3. The first kappa shape index (κ1) is 21.2. The van der Waals surface area contributed by atoms with E-state index in [4.69, 9.17) is 16.0 Å². The maximum atomic E-state index is 12.8. The van der Waals surface area contributed by atoms with Crippen LogP contribution < -0.4 is 10.5 Å². The van der Waals surface area contributed by atoms with Gasteiger partial charge in [0, 0.05) is 17.6 Å². The van der Waals surface area contributed by atoms with Gasteiger partial charge in [-0.15, -0.1) is 0 Å². The normalized spacial score (nSPS) is 14.9. The molecule has 32 heavy (non-hydrogen) atoms. The van der Waals surface area contributed by atoms with Gasteiger partial charge >= 0.3 is 5.76 Å². The van der Waals surface area contributed by atoms with Gasteiger partial charge in [0.25, 0.3) is 10.0 Å². The summed E-state index contributed by atoms with van der Waals surface area (Å²) in [4.78, 5) is 16.4. The molecule has 2 heterocycles. The van der Waals surface area contributed by atoms with E-state index in [1.165, 1.54) is 34.2 Å². The number of anilines is 1. The molecule has 1 unspecified atom stereocenters. The largest absolute Gasteiger partial charge is 0.420 e. The molecule has 0 aliphatic heterocycles. The summed E-state index contributed by atoms with van der Waals surface area (Å²) in [5, 5.41) is 0.0917. The van der Waals surface area contributed by atoms with Crippen molar-refractivity contribution in [3.05, 3.63) is 68.9 Å². The summed E-state index contributed by atoms with van der Waals surface area (Å²) >= 11 is 7.27. The van der Waals surface area contributed by atoms with Crippen molar-refractivity contribution >= 4 is 49.4 Å². The van der Waals surface area contributed by atoms with Crippen molar-refractivity contribution in [3.8, 4) is 0 Å². The Balaban J connectivity index is 1.60. The fourth-order valence-electron chi connectivity index (χ4n) is 4.34. The van der Waals surface area contributed by atoms with Crippen LogP contribution >= 0.6 is 23.1 Å². The van der Waals surface area contributed by atoms with Crippen LogP contribution in [0.4, 0.5) is 5.13 Å². The summed E-state index contributed by atoms with van der Waals surface area (Å²) < 4.78 is 38.7. The fourth-order valence-corrected chi connectivity index (χ4v) is 6.54. The molecule has 1 atom stereocenters. The molecule has 166 valence electrons. The Hall–Kier alpha value is -2.69. The molecule has 5 rings (SSSR count). The van der Waals surface area contributed by atoms with Crippen LogP contribution in [0.3, 0.4) is 0 Å². The lowest BCUT2D eigenvalue weighted by atomic mass is 9.86. The van der Waals surface area contributed by atoms with Crippen molar-refractivity contribution in [2.75, 3.05) is 4.72 Å². The van der Waals surface area contributed by atoms with Crippen LogP contribution in [-0.4, -0.2) is 22.3 Å². The first-order valence-electron chi connectivity index (χ1n) is 10.1. The molecule has 0 fully saturated rings. The molecule has 2 aromatic heterocycles. The number of hydrogen-bond donors (Lipinski definition) is 1. The maximum absolute atomic E-state index is 12.8. The Kier molecular flexibility index (Phi) is 5.31. The summed E-state index contributed by atoms with van der Waals surface area (Å²) in [6.07, 6.45) is 5.53. The molecule has 0 amide bonds. The maximum Gasteiger partial charge on any atom is 0.420 e. The molecular formula is C21H19ClN4O4S2. The number of hydrogen-bond acceptors (Lipinski definition) is 7. The average molecular weight is 491 g/mol. The predicted molar refractivity (Wildman–Crippen MR) is 123 cm³/mol. The molecule has 1 aliphatic rings. The van der Waals surface area contributed by atoms with Crippen molar-refractivity contribution in [2.24, 2.45) is 0 Å². The highest BCUT2D eigenvalue weighted by Crippen LogP contribution is 2.34. The third-order valence-electron chi connectivity index (χ3n) is 5.81. The predicted octanol–water partition coefficient (Wildman–Crippen LogP) is 4.39. The SMILES string of the molecule is CC(c1cccc2c1CCCC2)n1c(=O)oc2cc(S(=O)(=O)Nc3ncns3)c(Cl)cc21. The van der Waals surface area contributed by atoms with E-state index < -0.39 is 15.8 Å². The van der Waals surface area contributed by atoms with Crippen LogP contribution in [0.25, 0.3) is 11.1 Å². The monoisotopic (exact) mass is 490 g/mol. The summed E-state index contributed by atoms with van der Waals surface area (Å²) in [5.74, 6) is -0.566. The summed E-state index contributed by atoms with van der Waals surface area (Å²) in [5.41, 5.74) is 4.25. The molecule has 1 aliphatic carbocycles. The van der Waals surface area contributed by atoms with E-state index in [1.807, 2.05) is 19.1 Å². The highest BCUT2D eigenvalue weighted by molar-refractivity contribution is 7.93. The van der Waals surface area contributed by atoms with Crippen LogP contribution in [0.15, 0.2) is 50.8 Å². The molecular weight excluding hydrogens is 472 g/mol. The summed E-state index contributed by atoms with van der Waals surface area (Å²) in [6, 6.07) is 8.62. The highest BCUT2D eigenvalue weighted by Gasteiger charge is 2.26. The molecule has 0 bridgehead atoms. The van der Waals surface area contributed by atoms with Gasteiger partial charge in [0.15, 0.2) is 5.58 Å². The van der Waals surface area contributed by atoms with Crippen molar-refractivity contribution in [2.45, 2.75) is 43.5 Å². The molecule has 0 saturated carbocycles. The minimum Gasteiger partial charge on any atom is -0.408 e. The smallest absolute Gasteiger partial charge is 0.408 e. The minimum absolute atomic E-state index is 0.0219. The van der Waals surface area contributed by atoms with Crippen LogP contribution in [0.5, 0.6) is 0 Å². The van der Waals surface area contributed by atoms with Gasteiger partial charge in [0.2, 0.25) is 5.13 Å². The Labute approximate surface area is 193 Å². The zero-order valence-corrected chi connectivity index (χ0v) is 19.4. The van der Waals surface area contributed by atoms with E-state index in [0.29, 0.717) is 5.52 Å². The standard InChI is InChI=1S/C21H19ClN4O4S2/c1-12(14-8-4-6-13-5-2-3-7-15(13)14)26-17-9-16(22)19(10-18(17)30-21(26)27)32(28,29)25-20-23-11-24-31-20/h4,6,8-12H,2-3,5,7H2,1H3,(H,23,24,25). The van der Waals surface area contributed by atoms with Gasteiger partial charge in [-0.2, -0.15) is 4.37 Å². The van der Waals surface area contributed by atoms with Crippen molar-refractivity contribution in [3.63, 3.8) is 0 Å². The second kappa shape index (κ2) is 8.02. The van der Waals surface area contributed by atoms with Crippen molar-refractivity contribution < 1.29 is 12.8 Å². The van der Waals surface area contributed by atoms with Crippen LogP contribution in [0.2, 0.25) is 5.02 Å². The third kappa shape index (κ3) is 3.62. The van der Waals surface area contributed by atoms with Crippen LogP contribution in [0.1, 0.15) is 42.5 Å². The van der Waals surface area contributed by atoms with E-state index in [2.05, 4.69) is 20.1 Å². The molecule has 0 radical (unpaired) electrons. The van der Waals surface area contributed by atoms with Gasteiger partial charge in [-0.1, -0.05) is 29.8 Å². The quantitative estimate of drug-likeness (QED) is 0.444. The number of nitrogens with one attached hydrogen (secondary N) is 1. The summed E-state index contributed by atoms with van der Waals surface area (Å²) in [7, 11) is -4.04. The molecule has 0 saturated heterocycles. The number of oxazole rings is 1. The van der Waals surface area contributed by atoms with E-state index in [1.54, 1.807) is 0 Å². The Morgan fingerprint density at radius 2 is 2.06 bits per heavy atom. The van der Waals surface area contributed by atoms with E-state index in [-0.39, 0.29) is 26.7 Å². The number of fused-ring (bicyclic) bond motifs is 2. The summed E-state index contributed by atoms with van der Waals surface area (Å²) in [6.45, 7) is 1.94. The topological polar surface area (TPSA) is 107 Å². The number of benzene rings is 2. The lowest BCUT2D eigenvalue weighted by Crippen LogP contribution is -2.21. The average Bonchev–Trinajstić information content (AvgIpc) is 3.38. The highest BCUT2D eigenvalue weighted by atomic mass is 35.5. The first-order chi connectivity index (χ1) is 15.3. The van der Waals surface area contributed by atoms with Gasteiger partial charge in [0.05, 0.1) is 16.6 Å². The molecule has 8 nitrogen and oxygen atoms in total. The Bertz CT molecular complexity index is 1480. The molecule has 1 N–H and O–H groups in total. The lowest BCUT2D eigenvalue weighted by molar-refractivity contribution is 0.487.